The van der Waals surface area contributed by atoms with E-state index in [2.05, 4.69) is 10.2 Å². The molecule has 0 amide bonds. The molecule has 0 saturated carbocycles. The van der Waals surface area contributed by atoms with Crippen LogP contribution in [0.1, 0.15) is 11.3 Å². The summed E-state index contributed by atoms with van der Waals surface area (Å²) in [6.45, 7) is 1.98. The van der Waals surface area contributed by atoms with E-state index in [1.54, 1.807) is 4.68 Å². The maximum atomic E-state index is 12.1. The third-order valence-electron chi connectivity index (χ3n) is 3.37. The van der Waals surface area contributed by atoms with E-state index in [1.807, 2.05) is 37.3 Å². The quantitative estimate of drug-likeness (QED) is 0.706. The van der Waals surface area contributed by atoms with E-state index in [4.69, 9.17) is 34.8 Å². The number of para-hydroxylation sites is 1. The molecule has 0 radical (unpaired) electrons. The average Bonchev–Trinajstić information content (AvgIpc) is 2.84. The first kappa shape index (κ1) is 16.1. The van der Waals surface area contributed by atoms with Crippen LogP contribution >= 0.6 is 34.8 Å². The molecule has 5 nitrogen and oxygen atoms in total. The minimum Gasteiger partial charge on any atom is -0.266 e. The van der Waals surface area contributed by atoms with Gasteiger partial charge in [-0.25, -0.2) is 9.36 Å². The first-order valence-corrected chi connectivity index (χ1v) is 7.83. The molecule has 2 heterocycles. The van der Waals surface area contributed by atoms with Gasteiger partial charge in [0.25, 0.3) is 5.56 Å². The lowest BCUT2D eigenvalue weighted by Gasteiger charge is -2.06. The molecule has 8 heteroatoms. The standard InChI is InChI=1S/C15H11Cl3N4O/c1-9-11(8-21-15(23)13(17)12(16)7-19-21)14(18)22(20-9)10-5-3-2-4-6-10/h2-7H,8H2,1H3. The van der Waals surface area contributed by atoms with Gasteiger partial charge in [-0.15, -0.1) is 0 Å². The SMILES string of the molecule is Cc1nn(-c2ccccc2)c(Cl)c1Cn1ncc(Cl)c(Cl)c1=O. The molecule has 0 spiro atoms. The van der Waals surface area contributed by atoms with Crippen LogP contribution in [0.4, 0.5) is 0 Å². The summed E-state index contributed by atoms with van der Waals surface area (Å²) in [4.78, 5) is 12.1. The zero-order chi connectivity index (χ0) is 16.6. The molecule has 0 unspecified atom stereocenters. The topological polar surface area (TPSA) is 52.7 Å². The number of aryl methyl sites for hydroxylation is 1. The normalized spacial score (nSPS) is 11.0. The second kappa shape index (κ2) is 6.35. The van der Waals surface area contributed by atoms with E-state index >= 15 is 0 Å². The monoisotopic (exact) mass is 368 g/mol. The Balaban J connectivity index is 2.04. The van der Waals surface area contributed by atoms with Crippen molar-refractivity contribution >= 4 is 34.8 Å². The van der Waals surface area contributed by atoms with Gasteiger partial charge in [-0.2, -0.15) is 10.2 Å². The Kier molecular flexibility index (Phi) is 4.43. The van der Waals surface area contributed by atoms with Crippen molar-refractivity contribution in [2.24, 2.45) is 0 Å². The van der Waals surface area contributed by atoms with Crippen LogP contribution in [0.3, 0.4) is 0 Å². The van der Waals surface area contributed by atoms with Crippen LogP contribution in [-0.2, 0) is 6.54 Å². The average molecular weight is 370 g/mol. The number of nitrogens with zero attached hydrogens (tertiary/aromatic N) is 4. The van der Waals surface area contributed by atoms with Gasteiger partial charge in [0.05, 0.1) is 29.1 Å². The maximum Gasteiger partial charge on any atom is 0.287 e. The van der Waals surface area contributed by atoms with E-state index in [0.717, 1.165) is 5.69 Å². The lowest BCUT2D eigenvalue weighted by atomic mass is 10.2. The predicted octanol–water partition coefficient (Wildman–Crippen LogP) is 3.75. The maximum absolute atomic E-state index is 12.1. The van der Waals surface area contributed by atoms with Crippen LogP contribution in [0.5, 0.6) is 0 Å². The summed E-state index contributed by atoms with van der Waals surface area (Å²) >= 11 is 18.1. The van der Waals surface area contributed by atoms with Crippen LogP contribution in [0.15, 0.2) is 41.3 Å². The summed E-state index contributed by atoms with van der Waals surface area (Å²) in [5.74, 6) is 0. The summed E-state index contributed by atoms with van der Waals surface area (Å²) < 4.78 is 2.83. The lowest BCUT2D eigenvalue weighted by molar-refractivity contribution is 0.637. The highest BCUT2D eigenvalue weighted by atomic mass is 35.5. The number of hydrogen-bond acceptors (Lipinski definition) is 3. The Morgan fingerprint density at radius 3 is 2.52 bits per heavy atom. The molecule has 2 aromatic heterocycles. The molecule has 0 aliphatic carbocycles. The van der Waals surface area contributed by atoms with Crippen molar-refractivity contribution in [3.63, 3.8) is 0 Å². The molecule has 0 fully saturated rings. The van der Waals surface area contributed by atoms with Gasteiger partial charge in [0.2, 0.25) is 0 Å². The molecule has 0 N–H and O–H groups in total. The molecular formula is C15H11Cl3N4O. The van der Waals surface area contributed by atoms with Crippen molar-refractivity contribution < 1.29 is 0 Å². The van der Waals surface area contributed by atoms with Crippen LogP contribution in [-0.4, -0.2) is 19.6 Å². The summed E-state index contributed by atoms with van der Waals surface area (Å²) in [6.07, 6.45) is 1.33. The van der Waals surface area contributed by atoms with Crippen molar-refractivity contribution in [2.45, 2.75) is 13.5 Å². The Labute approximate surface area is 147 Å². The summed E-state index contributed by atoms with van der Waals surface area (Å²) in [5, 5.41) is 8.90. The molecule has 118 valence electrons. The van der Waals surface area contributed by atoms with Crippen molar-refractivity contribution in [1.29, 1.82) is 0 Å². The van der Waals surface area contributed by atoms with Crippen LogP contribution in [0.25, 0.3) is 5.69 Å². The third kappa shape index (κ3) is 3.00. The number of benzene rings is 1. The Morgan fingerprint density at radius 2 is 1.83 bits per heavy atom. The van der Waals surface area contributed by atoms with Gasteiger partial charge in [-0.1, -0.05) is 53.0 Å². The van der Waals surface area contributed by atoms with Gasteiger partial charge in [-0.05, 0) is 19.1 Å². The highest BCUT2D eigenvalue weighted by Gasteiger charge is 2.17. The van der Waals surface area contributed by atoms with E-state index in [-0.39, 0.29) is 16.6 Å². The smallest absolute Gasteiger partial charge is 0.266 e. The highest BCUT2D eigenvalue weighted by molar-refractivity contribution is 6.41. The van der Waals surface area contributed by atoms with Gasteiger partial charge < -0.3 is 0 Å². The van der Waals surface area contributed by atoms with Crippen molar-refractivity contribution in [1.82, 2.24) is 19.6 Å². The minimum atomic E-state index is -0.470. The van der Waals surface area contributed by atoms with E-state index in [9.17, 15) is 4.79 Å². The first-order valence-electron chi connectivity index (χ1n) is 6.69. The second-order valence-corrected chi connectivity index (χ2v) is 6.01. The fourth-order valence-corrected chi connectivity index (χ4v) is 2.76. The van der Waals surface area contributed by atoms with Gasteiger partial charge in [-0.3, -0.25) is 4.79 Å². The molecule has 0 atom stereocenters. The molecule has 0 saturated heterocycles. The molecule has 0 aliphatic heterocycles. The van der Waals surface area contributed by atoms with Gasteiger partial charge in [0.15, 0.2) is 0 Å². The van der Waals surface area contributed by atoms with Gasteiger partial charge in [0, 0.05) is 5.56 Å². The molecule has 23 heavy (non-hydrogen) atoms. The molecule has 3 aromatic rings. The summed E-state index contributed by atoms with van der Waals surface area (Å²) in [7, 11) is 0. The van der Waals surface area contributed by atoms with E-state index < -0.39 is 5.56 Å². The van der Waals surface area contributed by atoms with Crippen LogP contribution in [0.2, 0.25) is 15.2 Å². The Bertz CT molecular complexity index is 918. The summed E-state index contributed by atoms with van der Waals surface area (Å²) in [5.41, 5.74) is 1.77. The molecule has 3 rings (SSSR count). The molecular weight excluding hydrogens is 359 g/mol. The second-order valence-electron chi connectivity index (χ2n) is 4.87. The van der Waals surface area contributed by atoms with Gasteiger partial charge >= 0.3 is 0 Å². The predicted molar refractivity (Wildman–Crippen MR) is 90.9 cm³/mol. The zero-order valence-electron chi connectivity index (χ0n) is 12.0. The van der Waals surface area contributed by atoms with Crippen molar-refractivity contribution in [2.75, 3.05) is 0 Å². The molecule has 1 aromatic carbocycles. The number of hydrogen-bond donors (Lipinski definition) is 0. The van der Waals surface area contributed by atoms with Crippen molar-refractivity contribution in [3.05, 3.63) is 73.3 Å². The van der Waals surface area contributed by atoms with Gasteiger partial charge in [0.1, 0.15) is 10.2 Å². The Morgan fingerprint density at radius 1 is 1.13 bits per heavy atom. The largest absolute Gasteiger partial charge is 0.287 e. The number of aromatic nitrogens is 4. The molecule has 0 aliphatic rings. The number of halogens is 3. The first-order chi connectivity index (χ1) is 11.0. The zero-order valence-corrected chi connectivity index (χ0v) is 14.3. The van der Waals surface area contributed by atoms with E-state index in [1.165, 1.54) is 10.9 Å². The Hall–Kier alpha value is -1.82. The summed E-state index contributed by atoms with van der Waals surface area (Å²) in [6, 6.07) is 9.49. The number of rotatable bonds is 3. The van der Waals surface area contributed by atoms with Crippen LogP contribution in [0, 0.1) is 6.92 Å². The minimum absolute atomic E-state index is 0.0640. The molecule has 0 bridgehead atoms. The third-order valence-corrected chi connectivity index (χ3v) is 4.51. The highest BCUT2D eigenvalue weighted by Crippen LogP contribution is 2.24. The lowest BCUT2D eigenvalue weighted by Crippen LogP contribution is -2.24. The van der Waals surface area contributed by atoms with Crippen molar-refractivity contribution in [3.8, 4) is 5.69 Å². The van der Waals surface area contributed by atoms with E-state index in [0.29, 0.717) is 16.4 Å². The fraction of sp³-hybridized carbons (Fsp3) is 0.133. The fourth-order valence-electron chi connectivity index (χ4n) is 2.16. The van der Waals surface area contributed by atoms with Crippen LogP contribution < -0.4 is 5.56 Å².